The Hall–Kier alpha value is -0.860. The van der Waals surface area contributed by atoms with E-state index in [-0.39, 0.29) is 23.5 Å². The molecule has 94 valence electrons. The minimum atomic E-state index is -0.193. The van der Waals surface area contributed by atoms with Crippen LogP contribution in [0.4, 0.5) is 0 Å². The Labute approximate surface area is 104 Å². The van der Waals surface area contributed by atoms with E-state index in [9.17, 15) is 5.11 Å². The van der Waals surface area contributed by atoms with E-state index in [0.717, 1.165) is 0 Å². The Morgan fingerprint density at radius 3 is 2.41 bits per heavy atom. The summed E-state index contributed by atoms with van der Waals surface area (Å²) in [6.07, 6.45) is 2.34. The monoisotopic (exact) mass is 233 g/mol. The summed E-state index contributed by atoms with van der Waals surface area (Å²) in [5, 5.41) is 9.57. The Bertz CT molecular complexity index is 405. The van der Waals surface area contributed by atoms with Crippen molar-refractivity contribution in [2.75, 3.05) is 6.61 Å². The molecule has 0 aliphatic heterocycles. The molecule has 0 saturated heterocycles. The van der Waals surface area contributed by atoms with Crippen LogP contribution in [-0.2, 0) is 10.8 Å². The van der Waals surface area contributed by atoms with Crippen molar-refractivity contribution in [2.45, 2.75) is 50.5 Å². The number of aliphatic hydroxyl groups is 1. The van der Waals surface area contributed by atoms with Crippen molar-refractivity contribution in [3.63, 3.8) is 0 Å². The van der Waals surface area contributed by atoms with Gasteiger partial charge >= 0.3 is 0 Å². The summed E-state index contributed by atoms with van der Waals surface area (Å²) in [5.41, 5.74) is 8.71. The van der Waals surface area contributed by atoms with Crippen LogP contribution in [0.5, 0.6) is 0 Å². The molecule has 0 spiro atoms. The number of hydrogen-bond donors (Lipinski definition) is 2. The zero-order valence-corrected chi connectivity index (χ0v) is 11.0. The molecule has 17 heavy (non-hydrogen) atoms. The Morgan fingerprint density at radius 1 is 1.35 bits per heavy atom. The van der Waals surface area contributed by atoms with Crippen LogP contribution in [0.25, 0.3) is 0 Å². The molecule has 1 unspecified atom stereocenters. The van der Waals surface area contributed by atoms with E-state index in [1.54, 1.807) is 0 Å². The highest BCUT2D eigenvalue weighted by molar-refractivity contribution is 5.43. The van der Waals surface area contributed by atoms with Crippen molar-refractivity contribution in [3.8, 4) is 0 Å². The van der Waals surface area contributed by atoms with Crippen LogP contribution in [0.1, 0.15) is 44.7 Å². The standard InChI is InChI=1S/C15H23NO/c1-11(16)15(8-9-15)13-7-5-4-6-12(13)14(2,3)10-17/h4-7,11,17H,8-10,16H2,1-3H3. The zero-order valence-electron chi connectivity index (χ0n) is 11.0. The van der Waals surface area contributed by atoms with Crippen LogP contribution >= 0.6 is 0 Å². The van der Waals surface area contributed by atoms with Crippen molar-refractivity contribution in [1.29, 1.82) is 0 Å². The quantitative estimate of drug-likeness (QED) is 0.838. The third-order valence-corrected chi connectivity index (χ3v) is 4.25. The van der Waals surface area contributed by atoms with Gasteiger partial charge in [-0.05, 0) is 30.9 Å². The highest BCUT2D eigenvalue weighted by atomic mass is 16.3. The van der Waals surface area contributed by atoms with E-state index in [1.807, 2.05) is 6.07 Å². The lowest BCUT2D eigenvalue weighted by atomic mass is 9.76. The average Bonchev–Trinajstić information content (AvgIpc) is 3.10. The van der Waals surface area contributed by atoms with Crippen molar-refractivity contribution in [1.82, 2.24) is 0 Å². The van der Waals surface area contributed by atoms with E-state index in [0.29, 0.717) is 0 Å². The summed E-state index contributed by atoms with van der Waals surface area (Å²) in [5.74, 6) is 0. The Morgan fingerprint density at radius 2 is 1.94 bits per heavy atom. The van der Waals surface area contributed by atoms with Crippen LogP contribution in [0.15, 0.2) is 24.3 Å². The van der Waals surface area contributed by atoms with Gasteiger partial charge in [0.1, 0.15) is 0 Å². The predicted molar refractivity (Wildman–Crippen MR) is 71.1 cm³/mol. The van der Waals surface area contributed by atoms with Gasteiger partial charge in [0.2, 0.25) is 0 Å². The van der Waals surface area contributed by atoms with Gasteiger partial charge in [0.25, 0.3) is 0 Å². The maximum Gasteiger partial charge on any atom is 0.0522 e. The SMILES string of the molecule is CC(N)C1(c2ccccc2C(C)(C)CO)CC1. The lowest BCUT2D eigenvalue weighted by Crippen LogP contribution is -2.35. The molecule has 0 bridgehead atoms. The van der Waals surface area contributed by atoms with Gasteiger partial charge in [0.15, 0.2) is 0 Å². The largest absolute Gasteiger partial charge is 0.395 e. The second kappa shape index (κ2) is 4.11. The fraction of sp³-hybridized carbons (Fsp3) is 0.600. The molecule has 0 heterocycles. The summed E-state index contributed by atoms with van der Waals surface area (Å²) >= 11 is 0. The van der Waals surface area contributed by atoms with Gasteiger partial charge in [-0.1, -0.05) is 38.1 Å². The van der Waals surface area contributed by atoms with Crippen LogP contribution in [-0.4, -0.2) is 17.8 Å². The Kier molecular flexibility index (Phi) is 3.04. The molecule has 2 heteroatoms. The summed E-state index contributed by atoms with van der Waals surface area (Å²) in [6.45, 7) is 6.43. The first-order chi connectivity index (χ1) is 7.94. The van der Waals surface area contributed by atoms with Gasteiger partial charge in [0.05, 0.1) is 6.61 Å². The molecule has 1 aromatic carbocycles. The summed E-state index contributed by atoms with van der Waals surface area (Å²) < 4.78 is 0. The van der Waals surface area contributed by atoms with Crippen molar-refractivity contribution < 1.29 is 5.11 Å². The minimum absolute atomic E-state index is 0.156. The fourth-order valence-corrected chi connectivity index (χ4v) is 2.70. The highest BCUT2D eigenvalue weighted by Gasteiger charge is 2.49. The smallest absolute Gasteiger partial charge is 0.0522 e. The first-order valence-electron chi connectivity index (χ1n) is 6.40. The van der Waals surface area contributed by atoms with E-state index in [2.05, 4.69) is 39.0 Å². The minimum Gasteiger partial charge on any atom is -0.395 e. The molecule has 2 nitrogen and oxygen atoms in total. The summed E-state index contributed by atoms with van der Waals surface area (Å²) in [7, 11) is 0. The molecular weight excluding hydrogens is 210 g/mol. The van der Waals surface area contributed by atoms with Crippen LogP contribution < -0.4 is 5.73 Å². The maximum atomic E-state index is 9.57. The second-order valence-corrected chi connectivity index (χ2v) is 6.03. The van der Waals surface area contributed by atoms with E-state index in [1.165, 1.54) is 24.0 Å². The summed E-state index contributed by atoms with van der Waals surface area (Å²) in [6, 6.07) is 8.62. The van der Waals surface area contributed by atoms with E-state index in [4.69, 9.17) is 5.73 Å². The van der Waals surface area contributed by atoms with Gasteiger partial charge in [0, 0.05) is 16.9 Å². The second-order valence-electron chi connectivity index (χ2n) is 6.03. The van der Waals surface area contributed by atoms with Gasteiger partial charge in [-0.3, -0.25) is 0 Å². The number of aliphatic hydroxyl groups excluding tert-OH is 1. The molecule has 1 aromatic rings. The number of benzene rings is 1. The van der Waals surface area contributed by atoms with Crippen molar-refractivity contribution >= 4 is 0 Å². The molecule has 1 atom stereocenters. The van der Waals surface area contributed by atoms with Crippen LogP contribution in [0.2, 0.25) is 0 Å². The van der Waals surface area contributed by atoms with Gasteiger partial charge in [-0.15, -0.1) is 0 Å². The highest BCUT2D eigenvalue weighted by Crippen LogP contribution is 2.52. The maximum absolute atomic E-state index is 9.57. The van der Waals surface area contributed by atoms with E-state index < -0.39 is 0 Å². The average molecular weight is 233 g/mol. The molecule has 3 N–H and O–H groups in total. The van der Waals surface area contributed by atoms with E-state index >= 15 is 0 Å². The summed E-state index contributed by atoms with van der Waals surface area (Å²) in [4.78, 5) is 0. The predicted octanol–water partition coefficient (Wildman–Crippen LogP) is 2.34. The number of rotatable bonds is 4. The van der Waals surface area contributed by atoms with Gasteiger partial charge in [-0.25, -0.2) is 0 Å². The molecule has 1 aliphatic carbocycles. The Balaban J connectivity index is 2.49. The zero-order chi connectivity index (χ0) is 12.7. The van der Waals surface area contributed by atoms with Crippen molar-refractivity contribution in [3.05, 3.63) is 35.4 Å². The topological polar surface area (TPSA) is 46.2 Å². The van der Waals surface area contributed by atoms with Crippen LogP contribution in [0.3, 0.4) is 0 Å². The molecule has 1 fully saturated rings. The molecule has 1 saturated carbocycles. The van der Waals surface area contributed by atoms with Crippen molar-refractivity contribution in [2.24, 2.45) is 5.73 Å². The first kappa shape index (κ1) is 12.6. The van der Waals surface area contributed by atoms with Crippen LogP contribution in [0, 0.1) is 0 Å². The molecule has 0 amide bonds. The number of nitrogens with two attached hydrogens (primary N) is 1. The molecule has 2 rings (SSSR count). The fourth-order valence-electron chi connectivity index (χ4n) is 2.70. The van der Waals surface area contributed by atoms with Gasteiger partial charge in [-0.2, -0.15) is 0 Å². The normalized spacial score (nSPS) is 20.1. The lowest BCUT2D eigenvalue weighted by molar-refractivity contribution is 0.217. The number of hydrogen-bond acceptors (Lipinski definition) is 2. The third kappa shape index (κ3) is 2.00. The van der Waals surface area contributed by atoms with Gasteiger partial charge < -0.3 is 10.8 Å². The molecule has 0 aromatic heterocycles. The molecule has 0 radical (unpaired) electrons. The first-order valence-corrected chi connectivity index (χ1v) is 6.40. The molecule has 1 aliphatic rings. The third-order valence-electron chi connectivity index (χ3n) is 4.25. The molecular formula is C15H23NO. The lowest BCUT2D eigenvalue weighted by Gasteiger charge is -2.30.